The van der Waals surface area contributed by atoms with Gasteiger partial charge in [0.2, 0.25) is 24.1 Å². The van der Waals surface area contributed by atoms with Crippen molar-refractivity contribution in [2.75, 3.05) is 59.9 Å². The van der Waals surface area contributed by atoms with E-state index in [2.05, 4.69) is 72.9 Å². The van der Waals surface area contributed by atoms with E-state index in [1.165, 1.54) is 24.4 Å². The van der Waals surface area contributed by atoms with Crippen molar-refractivity contribution in [2.24, 2.45) is 5.41 Å². The van der Waals surface area contributed by atoms with Crippen molar-refractivity contribution in [1.82, 2.24) is 40.0 Å². The van der Waals surface area contributed by atoms with E-state index in [0.717, 1.165) is 49.4 Å². The van der Waals surface area contributed by atoms with E-state index < -0.39 is 42.2 Å². The zero-order chi connectivity index (χ0) is 54.7. The van der Waals surface area contributed by atoms with Crippen molar-refractivity contribution in [1.29, 1.82) is 0 Å². The van der Waals surface area contributed by atoms with Crippen LogP contribution in [0.3, 0.4) is 0 Å². The first-order chi connectivity index (χ1) is 37.6. The number of aliphatic hydroxyl groups excluding tert-OH is 1. The number of amides is 7. The lowest BCUT2D eigenvalue weighted by Crippen LogP contribution is -2.58. The highest BCUT2D eigenvalue weighted by Gasteiger charge is 2.47. The molecule has 4 N–H and O–H groups in total. The maximum atomic E-state index is 14.1. The van der Waals surface area contributed by atoms with Gasteiger partial charge in [0.1, 0.15) is 17.6 Å². The molecule has 3 aromatic heterocycles. The zero-order valence-corrected chi connectivity index (χ0v) is 44.2. The number of hydrogen-bond donors (Lipinski definition) is 4. The quantitative estimate of drug-likeness (QED) is 0.0714. The topological polar surface area (TPSA) is 245 Å². The molecule has 2 unspecified atom stereocenters. The van der Waals surface area contributed by atoms with Gasteiger partial charge in [-0.1, -0.05) is 19.9 Å². The summed E-state index contributed by atoms with van der Waals surface area (Å²) in [6.07, 6.45) is 10.0. The number of benzene rings is 2. The first-order valence-electron chi connectivity index (χ1n) is 26.5. The van der Waals surface area contributed by atoms with Crippen LogP contribution in [0.2, 0.25) is 0 Å². The summed E-state index contributed by atoms with van der Waals surface area (Å²) in [6.45, 7) is 12.2. The third-order valence-corrected chi connectivity index (χ3v) is 16.3. The number of rotatable bonds is 13. The van der Waals surface area contributed by atoms with Crippen LogP contribution in [0.5, 0.6) is 5.88 Å². The van der Waals surface area contributed by atoms with Crippen molar-refractivity contribution < 1.29 is 43.4 Å². The normalized spacial score (nSPS) is 22.2. The summed E-state index contributed by atoms with van der Waals surface area (Å²) < 4.78 is 7.81. The predicted molar refractivity (Wildman–Crippen MR) is 289 cm³/mol. The molecule has 2 aromatic carbocycles. The van der Waals surface area contributed by atoms with Gasteiger partial charge in [0.25, 0.3) is 23.6 Å². The number of ether oxygens (including phenoxy) is 1. The number of methoxy groups -OCH3 is 1. The summed E-state index contributed by atoms with van der Waals surface area (Å²) in [5.74, 6) is -2.04. The minimum atomic E-state index is -1.04. The first kappa shape index (κ1) is 51.8. The summed E-state index contributed by atoms with van der Waals surface area (Å²) in [6, 6.07) is 14.0. The molecule has 3 saturated heterocycles. The van der Waals surface area contributed by atoms with E-state index in [1.54, 1.807) is 41.6 Å². The van der Waals surface area contributed by atoms with Crippen LogP contribution in [0.1, 0.15) is 107 Å². The van der Waals surface area contributed by atoms with E-state index in [-0.39, 0.29) is 59.6 Å². The van der Waals surface area contributed by atoms with Gasteiger partial charge < -0.3 is 29.5 Å². The number of piperazine rings is 1. The van der Waals surface area contributed by atoms with Crippen LogP contribution in [0.15, 0.2) is 67.0 Å². The Labute approximate surface area is 450 Å². The van der Waals surface area contributed by atoms with Gasteiger partial charge in [-0.2, -0.15) is 0 Å². The molecule has 7 amide bonds. The Kier molecular flexibility index (Phi) is 13.7. The zero-order valence-electron chi connectivity index (χ0n) is 44.2. The number of aromatic nitrogens is 4. The van der Waals surface area contributed by atoms with Crippen molar-refractivity contribution in [3.05, 3.63) is 106 Å². The molecule has 0 spiro atoms. The van der Waals surface area contributed by atoms with Crippen molar-refractivity contribution >= 4 is 76.6 Å². The third-order valence-electron chi connectivity index (χ3n) is 16.3. The number of fused-ring (bicyclic) bond motifs is 4. The minimum Gasteiger partial charge on any atom is -0.478 e. The van der Waals surface area contributed by atoms with Crippen LogP contribution in [0.25, 0.3) is 17.3 Å². The second-order valence-electron chi connectivity index (χ2n) is 21.8. The summed E-state index contributed by atoms with van der Waals surface area (Å²) in [5.41, 5.74) is 7.94. The fourth-order valence-electron chi connectivity index (χ4n) is 12.6. The fourth-order valence-corrected chi connectivity index (χ4v) is 12.6. The molecule has 404 valence electrons. The van der Waals surface area contributed by atoms with Gasteiger partial charge in [-0.15, -0.1) is 0 Å². The van der Waals surface area contributed by atoms with Gasteiger partial charge in [-0.05, 0) is 105 Å². The number of hydrogen-bond acceptors (Lipinski definition) is 16. The maximum Gasteiger partial charge on any atom is 0.276 e. The Bertz CT molecular complexity index is 3350. The maximum absolute atomic E-state index is 14.1. The molecule has 6 aliphatic rings. The molecule has 1 aliphatic carbocycles. The van der Waals surface area contributed by atoms with Gasteiger partial charge in [-0.25, -0.2) is 15.0 Å². The monoisotopic (exact) mass is 1060 g/mol. The molecule has 8 heterocycles. The van der Waals surface area contributed by atoms with Gasteiger partial charge in [0.15, 0.2) is 5.82 Å². The molecule has 21 heteroatoms. The van der Waals surface area contributed by atoms with Gasteiger partial charge in [0.05, 0.1) is 42.4 Å². The number of nitrogens with one attached hydrogen (secondary N) is 3. The molecule has 5 aliphatic heterocycles. The predicted octanol–water partition coefficient (Wildman–Crippen LogP) is 4.62. The van der Waals surface area contributed by atoms with Gasteiger partial charge in [0, 0.05) is 110 Å². The highest BCUT2D eigenvalue weighted by molar-refractivity contribution is 6.25. The molecular formula is C57H62N12O9. The molecule has 0 radical (unpaired) electrons. The Morgan fingerprint density at radius 2 is 1.72 bits per heavy atom. The van der Waals surface area contributed by atoms with E-state index in [4.69, 9.17) is 9.72 Å². The average Bonchev–Trinajstić information content (AvgIpc) is 4.24. The van der Waals surface area contributed by atoms with Gasteiger partial charge >= 0.3 is 0 Å². The average molecular weight is 1060 g/mol. The summed E-state index contributed by atoms with van der Waals surface area (Å²) in [4.78, 5) is 114. The van der Waals surface area contributed by atoms with Crippen molar-refractivity contribution in [2.45, 2.75) is 104 Å². The lowest BCUT2D eigenvalue weighted by molar-refractivity contribution is -0.136. The Morgan fingerprint density at radius 3 is 2.47 bits per heavy atom. The molecule has 21 nitrogen and oxygen atoms in total. The number of pyridine rings is 1. The third kappa shape index (κ3) is 9.33. The molecule has 0 bridgehead atoms. The highest BCUT2D eigenvalue weighted by Crippen LogP contribution is 2.42. The molecule has 78 heavy (non-hydrogen) atoms. The van der Waals surface area contributed by atoms with Crippen LogP contribution in [0, 0.1) is 5.41 Å². The number of piperidine rings is 2. The van der Waals surface area contributed by atoms with E-state index in [9.17, 15) is 38.7 Å². The van der Waals surface area contributed by atoms with Crippen molar-refractivity contribution in [3.8, 4) is 17.1 Å². The van der Waals surface area contributed by atoms with Crippen LogP contribution in [-0.2, 0) is 45.2 Å². The lowest BCUT2D eigenvalue weighted by atomic mass is 9.90. The van der Waals surface area contributed by atoms with Crippen LogP contribution in [0.4, 0.5) is 28.7 Å². The minimum absolute atomic E-state index is 0.0154. The second-order valence-corrected chi connectivity index (χ2v) is 21.8. The number of anilines is 5. The smallest absolute Gasteiger partial charge is 0.276 e. The van der Waals surface area contributed by atoms with Crippen LogP contribution >= 0.6 is 0 Å². The Balaban J connectivity index is 0.797. The summed E-state index contributed by atoms with van der Waals surface area (Å²) >= 11 is 0. The summed E-state index contributed by atoms with van der Waals surface area (Å²) in [7, 11) is 1.49. The molecule has 0 saturated carbocycles. The number of carbonyl (C=O) groups excluding carboxylic acids is 7. The highest BCUT2D eigenvalue weighted by atomic mass is 16.5. The summed E-state index contributed by atoms with van der Waals surface area (Å²) in [5, 5.41) is 18.7. The molecule has 5 aromatic rings. The fraction of sp³-hybridized carbons (Fsp3) is 0.404. The first-order valence-corrected chi connectivity index (χ1v) is 26.5. The second kappa shape index (κ2) is 20.6. The number of nitrogens with zero attached hydrogens (tertiary/aromatic N) is 9. The SMILES string of the molecule is COc1ncc(-c2ccnc(N3CCn4c(cc5c4CC(C)(C)C5)C3=O)c2CO)nc1Nc1ccc(N2CCN(C3CCN(c4cccc5c4C(=O)N(C4CCC(=O)NC4=O)C5=O)[C@H](C)C3)C[C@@H]2C)c(C=CC(=O)NC=O)c1. The van der Waals surface area contributed by atoms with Crippen LogP contribution in [-0.4, -0.2) is 140 Å². The standard InChI is InChI=1S/C57H62N12O9/c1-32-23-37(16-18-65(32)43-8-6-7-39-49(43)56(77)69(54(39)75)44-12-14-48(73)63-52(44)74)64-19-20-66(33(2)29-64)42-11-10-36(24-34(42)9-13-47(72)60-31-71)61-50-53(78-5)59-28-41(62-50)38-15-17-58-51(40(38)30-70)68-22-21-67-45(55(68)76)25-35-26-57(3,4)27-46(35)67/h6-11,13,15,17,24-25,28,31-33,37,44,70H,12,14,16,18-23,26-27,29-30H2,1-5H3,(H,61,62)(H,60,71,72)(H,63,73,74)/t32-,33+,37?,44?/m1/s1. The number of carbonyl (C=O) groups is 7. The van der Waals surface area contributed by atoms with Crippen molar-refractivity contribution in [3.63, 3.8) is 0 Å². The number of imide groups is 3. The van der Waals surface area contributed by atoms with E-state index in [0.29, 0.717) is 83.4 Å². The Hall–Kier alpha value is -8.30. The van der Waals surface area contributed by atoms with Gasteiger partial charge in [-0.3, -0.25) is 58.9 Å². The largest absolute Gasteiger partial charge is 0.478 e. The van der Waals surface area contributed by atoms with E-state index >= 15 is 0 Å². The molecule has 3 fully saturated rings. The van der Waals surface area contributed by atoms with Crippen LogP contribution < -0.4 is 35.4 Å². The lowest BCUT2D eigenvalue weighted by Gasteiger charge is -2.48. The molecule has 11 rings (SSSR count). The molecular weight excluding hydrogens is 997 g/mol. The van der Waals surface area contributed by atoms with E-state index in [1.807, 2.05) is 30.3 Å². The number of aliphatic hydroxyl groups is 1. The molecule has 4 atom stereocenters. The Morgan fingerprint density at radius 1 is 0.897 bits per heavy atom.